The molecule has 3 nitrogen and oxygen atoms in total. The van der Waals surface area contributed by atoms with Crippen molar-refractivity contribution in [3.05, 3.63) is 29.8 Å². The molecule has 82 valence electrons. The number of phenols is 1. The second-order valence-electron chi connectivity index (χ2n) is 4.14. The first-order chi connectivity index (χ1) is 7.20. The number of hydrogen-bond donors (Lipinski definition) is 2. The highest BCUT2D eigenvalue weighted by molar-refractivity contribution is 5.33. The third-order valence-corrected chi connectivity index (χ3v) is 2.93. The number of rotatable bonds is 2. The summed E-state index contributed by atoms with van der Waals surface area (Å²) >= 11 is 0. The molecule has 1 fully saturated rings. The van der Waals surface area contributed by atoms with Crippen LogP contribution in [0.2, 0.25) is 0 Å². The van der Waals surface area contributed by atoms with Crippen molar-refractivity contribution < 1.29 is 14.9 Å². The number of para-hydroxylation sites is 1. The van der Waals surface area contributed by atoms with Gasteiger partial charge in [-0.1, -0.05) is 18.2 Å². The summed E-state index contributed by atoms with van der Waals surface area (Å²) in [7, 11) is 0. The highest BCUT2D eigenvalue weighted by Gasteiger charge is 2.30. The highest BCUT2D eigenvalue weighted by Crippen LogP contribution is 2.28. The number of ether oxygens (including phenoxy) is 1. The molecule has 0 saturated carbocycles. The molecule has 3 heteroatoms. The Morgan fingerprint density at radius 1 is 1.20 bits per heavy atom. The van der Waals surface area contributed by atoms with Crippen LogP contribution in [0.5, 0.6) is 5.75 Å². The monoisotopic (exact) mass is 208 g/mol. The molecule has 1 aliphatic rings. The van der Waals surface area contributed by atoms with Crippen LogP contribution in [0.4, 0.5) is 0 Å². The summed E-state index contributed by atoms with van der Waals surface area (Å²) in [6.07, 6.45) is 1.78. The quantitative estimate of drug-likeness (QED) is 0.774. The lowest BCUT2D eigenvalue weighted by atomic mass is 9.87. The number of aromatic hydroxyl groups is 1. The fourth-order valence-corrected chi connectivity index (χ4v) is 1.94. The van der Waals surface area contributed by atoms with E-state index < -0.39 is 5.60 Å². The molecule has 0 amide bonds. The third-order valence-electron chi connectivity index (χ3n) is 2.93. The lowest BCUT2D eigenvalue weighted by Crippen LogP contribution is -2.38. The van der Waals surface area contributed by atoms with Crippen LogP contribution >= 0.6 is 0 Å². The zero-order valence-electron chi connectivity index (χ0n) is 8.65. The average molecular weight is 208 g/mol. The van der Waals surface area contributed by atoms with Crippen molar-refractivity contribution in [1.82, 2.24) is 0 Å². The van der Waals surface area contributed by atoms with Gasteiger partial charge in [-0.05, 0) is 24.5 Å². The Hall–Kier alpha value is -1.06. The van der Waals surface area contributed by atoms with Gasteiger partial charge in [0.15, 0.2) is 0 Å². The molecule has 0 bridgehead atoms. The van der Waals surface area contributed by atoms with Gasteiger partial charge >= 0.3 is 0 Å². The van der Waals surface area contributed by atoms with Crippen LogP contribution < -0.4 is 0 Å². The summed E-state index contributed by atoms with van der Waals surface area (Å²) in [5.74, 6) is 0.261. The third kappa shape index (κ3) is 2.49. The molecule has 15 heavy (non-hydrogen) atoms. The van der Waals surface area contributed by atoms with E-state index in [0.717, 1.165) is 5.56 Å². The summed E-state index contributed by atoms with van der Waals surface area (Å²) in [6.45, 7) is 1.20. The largest absolute Gasteiger partial charge is 0.508 e. The first-order valence-electron chi connectivity index (χ1n) is 5.27. The fraction of sp³-hybridized carbons (Fsp3) is 0.500. The van der Waals surface area contributed by atoms with Crippen LogP contribution in [0.25, 0.3) is 0 Å². The van der Waals surface area contributed by atoms with E-state index in [1.54, 1.807) is 12.1 Å². The van der Waals surface area contributed by atoms with Gasteiger partial charge in [0, 0.05) is 19.6 Å². The molecule has 1 heterocycles. The van der Waals surface area contributed by atoms with Crippen LogP contribution in [0, 0.1) is 0 Å². The molecule has 0 atom stereocenters. The summed E-state index contributed by atoms with van der Waals surface area (Å²) in [6, 6.07) is 7.16. The smallest absolute Gasteiger partial charge is 0.118 e. The van der Waals surface area contributed by atoms with E-state index in [0.29, 0.717) is 32.5 Å². The fourth-order valence-electron chi connectivity index (χ4n) is 1.94. The second-order valence-corrected chi connectivity index (χ2v) is 4.14. The predicted molar refractivity (Wildman–Crippen MR) is 56.8 cm³/mol. The van der Waals surface area contributed by atoms with E-state index in [-0.39, 0.29) is 5.75 Å². The van der Waals surface area contributed by atoms with E-state index in [4.69, 9.17) is 4.74 Å². The van der Waals surface area contributed by atoms with Gasteiger partial charge in [-0.25, -0.2) is 0 Å². The molecular formula is C12H16O3. The van der Waals surface area contributed by atoms with Gasteiger partial charge in [-0.3, -0.25) is 0 Å². The molecule has 1 saturated heterocycles. The predicted octanol–water partition coefficient (Wildman–Crippen LogP) is 1.48. The maximum absolute atomic E-state index is 10.3. The van der Waals surface area contributed by atoms with E-state index in [2.05, 4.69) is 0 Å². The van der Waals surface area contributed by atoms with E-state index >= 15 is 0 Å². The minimum atomic E-state index is -0.711. The first-order valence-corrected chi connectivity index (χ1v) is 5.27. The maximum atomic E-state index is 10.3. The second kappa shape index (κ2) is 4.21. The summed E-state index contributed by atoms with van der Waals surface area (Å²) < 4.78 is 5.21. The Bertz CT molecular complexity index is 329. The zero-order valence-corrected chi connectivity index (χ0v) is 8.65. The topological polar surface area (TPSA) is 49.7 Å². The molecule has 0 aliphatic carbocycles. The van der Waals surface area contributed by atoms with E-state index in [1.807, 2.05) is 12.1 Å². The minimum Gasteiger partial charge on any atom is -0.508 e. The molecule has 0 aromatic heterocycles. The Labute approximate surface area is 89.3 Å². The van der Waals surface area contributed by atoms with Crippen LogP contribution in [-0.2, 0) is 11.2 Å². The normalized spacial score (nSPS) is 20.1. The Balaban J connectivity index is 2.10. The molecule has 0 unspecified atom stereocenters. The summed E-state index contributed by atoms with van der Waals surface area (Å²) in [5.41, 5.74) is 0.0961. The number of benzene rings is 1. The van der Waals surface area contributed by atoms with Crippen LogP contribution in [-0.4, -0.2) is 29.0 Å². The highest BCUT2D eigenvalue weighted by atomic mass is 16.5. The number of phenolic OH excluding ortho intramolecular Hbond substituents is 1. The van der Waals surface area contributed by atoms with E-state index in [9.17, 15) is 10.2 Å². The van der Waals surface area contributed by atoms with Crippen molar-refractivity contribution in [3.8, 4) is 5.75 Å². The lowest BCUT2D eigenvalue weighted by molar-refractivity contribution is -0.0628. The molecule has 0 spiro atoms. The molecule has 0 radical (unpaired) electrons. The molecule has 1 aromatic carbocycles. The lowest BCUT2D eigenvalue weighted by Gasteiger charge is -2.32. The minimum absolute atomic E-state index is 0.261. The number of hydrogen-bond acceptors (Lipinski definition) is 3. The standard InChI is InChI=1S/C12H16O3/c13-11-4-2-1-3-10(11)9-12(14)5-7-15-8-6-12/h1-4,13-14H,5-9H2. The summed E-state index contributed by atoms with van der Waals surface area (Å²) in [4.78, 5) is 0. The molecule has 1 aromatic rings. The van der Waals surface area contributed by atoms with Gasteiger partial charge < -0.3 is 14.9 Å². The summed E-state index contributed by atoms with van der Waals surface area (Å²) in [5, 5.41) is 19.9. The van der Waals surface area contributed by atoms with Crippen molar-refractivity contribution in [2.24, 2.45) is 0 Å². The van der Waals surface area contributed by atoms with Crippen LogP contribution in [0.1, 0.15) is 18.4 Å². The van der Waals surface area contributed by atoms with E-state index in [1.165, 1.54) is 0 Å². The van der Waals surface area contributed by atoms with Crippen molar-refractivity contribution >= 4 is 0 Å². The van der Waals surface area contributed by atoms with Gasteiger partial charge in [-0.2, -0.15) is 0 Å². The van der Waals surface area contributed by atoms with Crippen molar-refractivity contribution in [3.63, 3.8) is 0 Å². The van der Waals surface area contributed by atoms with Gasteiger partial charge in [0.2, 0.25) is 0 Å². The van der Waals surface area contributed by atoms with Crippen molar-refractivity contribution in [2.45, 2.75) is 24.9 Å². The molecule has 2 N–H and O–H groups in total. The van der Waals surface area contributed by atoms with Crippen LogP contribution in [0.3, 0.4) is 0 Å². The maximum Gasteiger partial charge on any atom is 0.118 e. The SMILES string of the molecule is Oc1ccccc1CC1(O)CCOCC1. The Morgan fingerprint density at radius 3 is 2.53 bits per heavy atom. The number of aliphatic hydroxyl groups is 1. The van der Waals surface area contributed by atoms with Gasteiger partial charge in [0.1, 0.15) is 5.75 Å². The Morgan fingerprint density at radius 2 is 1.87 bits per heavy atom. The first kappa shape index (κ1) is 10.5. The zero-order chi connectivity index (χ0) is 10.7. The van der Waals surface area contributed by atoms with Crippen molar-refractivity contribution in [1.29, 1.82) is 0 Å². The molecule has 1 aliphatic heterocycles. The Kier molecular flexibility index (Phi) is 2.93. The van der Waals surface area contributed by atoms with Crippen molar-refractivity contribution in [2.75, 3.05) is 13.2 Å². The van der Waals surface area contributed by atoms with Gasteiger partial charge in [0.05, 0.1) is 5.60 Å². The molecule has 2 rings (SSSR count). The van der Waals surface area contributed by atoms with Gasteiger partial charge in [0.25, 0.3) is 0 Å². The van der Waals surface area contributed by atoms with Gasteiger partial charge in [-0.15, -0.1) is 0 Å². The van der Waals surface area contributed by atoms with Crippen LogP contribution in [0.15, 0.2) is 24.3 Å². The average Bonchev–Trinajstić information content (AvgIpc) is 2.22. The molecular weight excluding hydrogens is 192 g/mol.